The number of rotatable bonds is 7. The fraction of sp³-hybridized carbons (Fsp3) is 0.316. The van der Waals surface area contributed by atoms with Crippen molar-refractivity contribution in [2.45, 2.75) is 27.3 Å². The lowest BCUT2D eigenvalue weighted by atomic mass is 10.1. The zero-order valence-electron chi connectivity index (χ0n) is 14.0. The van der Waals surface area contributed by atoms with Crippen molar-refractivity contribution < 1.29 is 9.53 Å². The second-order valence-electron chi connectivity index (χ2n) is 5.50. The van der Waals surface area contributed by atoms with Gasteiger partial charge in [-0.25, -0.2) is 0 Å². The number of amides is 1. The van der Waals surface area contributed by atoms with Gasteiger partial charge in [0.15, 0.2) is 6.61 Å². The van der Waals surface area contributed by atoms with Gasteiger partial charge in [-0.1, -0.05) is 43.3 Å². The highest BCUT2D eigenvalue weighted by atomic mass is 16.5. The third-order valence-corrected chi connectivity index (χ3v) is 3.61. The van der Waals surface area contributed by atoms with Crippen molar-refractivity contribution in [3.05, 3.63) is 59.2 Å². The summed E-state index contributed by atoms with van der Waals surface area (Å²) in [5.74, 6) is 0.625. The van der Waals surface area contributed by atoms with E-state index < -0.39 is 0 Å². The number of para-hydroxylation sites is 2. The van der Waals surface area contributed by atoms with Crippen LogP contribution in [0.15, 0.2) is 42.5 Å². The average Bonchev–Trinajstić information content (AvgIpc) is 2.53. The monoisotopic (exact) mass is 312 g/mol. The van der Waals surface area contributed by atoms with Gasteiger partial charge in [-0.15, -0.1) is 0 Å². The van der Waals surface area contributed by atoms with Gasteiger partial charge in [0.1, 0.15) is 5.75 Å². The van der Waals surface area contributed by atoms with Gasteiger partial charge >= 0.3 is 0 Å². The zero-order valence-corrected chi connectivity index (χ0v) is 14.0. The van der Waals surface area contributed by atoms with Crippen LogP contribution in [0.2, 0.25) is 0 Å². The SMILES string of the molecule is CCNCc1ccccc1NC(=O)COc1c(C)cccc1C. The molecule has 23 heavy (non-hydrogen) atoms. The largest absolute Gasteiger partial charge is 0.483 e. The quantitative estimate of drug-likeness (QED) is 0.823. The summed E-state index contributed by atoms with van der Waals surface area (Å²) in [7, 11) is 0. The minimum atomic E-state index is -0.156. The van der Waals surface area contributed by atoms with Gasteiger partial charge in [0.05, 0.1) is 0 Å². The van der Waals surface area contributed by atoms with Crippen molar-refractivity contribution in [3.8, 4) is 5.75 Å². The highest BCUT2D eigenvalue weighted by molar-refractivity contribution is 5.92. The van der Waals surface area contributed by atoms with Crippen molar-refractivity contribution in [1.82, 2.24) is 5.32 Å². The molecule has 2 rings (SSSR count). The van der Waals surface area contributed by atoms with Crippen molar-refractivity contribution in [3.63, 3.8) is 0 Å². The first-order valence-electron chi connectivity index (χ1n) is 7.89. The molecule has 0 saturated heterocycles. The Morgan fingerprint density at radius 1 is 1.04 bits per heavy atom. The molecule has 2 aromatic rings. The summed E-state index contributed by atoms with van der Waals surface area (Å²) in [6.45, 7) is 7.63. The van der Waals surface area contributed by atoms with Crippen molar-refractivity contribution in [2.24, 2.45) is 0 Å². The summed E-state index contributed by atoms with van der Waals surface area (Å²) in [5.41, 5.74) is 3.95. The highest BCUT2D eigenvalue weighted by Gasteiger charge is 2.09. The first-order chi connectivity index (χ1) is 11.1. The van der Waals surface area contributed by atoms with Gasteiger partial charge < -0.3 is 15.4 Å². The summed E-state index contributed by atoms with van der Waals surface area (Å²) >= 11 is 0. The number of anilines is 1. The molecular formula is C19H24N2O2. The Kier molecular flexibility index (Phi) is 6.18. The Hall–Kier alpha value is -2.33. The Bertz CT molecular complexity index is 648. The highest BCUT2D eigenvalue weighted by Crippen LogP contribution is 2.22. The average molecular weight is 312 g/mol. The van der Waals surface area contributed by atoms with E-state index in [2.05, 4.69) is 17.6 Å². The number of carbonyl (C=O) groups is 1. The standard InChI is InChI=1S/C19H24N2O2/c1-4-20-12-16-10-5-6-11-17(16)21-18(22)13-23-19-14(2)8-7-9-15(19)3/h5-11,20H,4,12-13H2,1-3H3,(H,21,22). The maximum absolute atomic E-state index is 12.2. The summed E-state index contributed by atoms with van der Waals surface area (Å²) in [6, 6.07) is 13.7. The molecule has 0 aliphatic carbocycles. The first-order valence-corrected chi connectivity index (χ1v) is 7.89. The van der Waals surface area contributed by atoms with Crippen molar-refractivity contribution in [1.29, 1.82) is 0 Å². The van der Waals surface area contributed by atoms with Crippen LogP contribution in [0.1, 0.15) is 23.6 Å². The summed E-state index contributed by atoms with van der Waals surface area (Å²) < 4.78 is 5.69. The number of hydrogen-bond donors (Lipinski definition) is 2. The van der Waals surface area contributed by atoms with E-state index in [0.717, 1.165) is 41.2 Å². The Balaban J connectivity index is 1.98. The fourth-order valence-electron chi connectivity index (χ4n) is 2.41. The Morgan fingerprint density at radius 2 is 1.74 bits per heavy atom. The molecule has 4 heteroatoms. The fourth-order valence-corrected chi connectivity index (χ4v) is 2.41. The first kappa shape index (κ1) is 17.0. The van der Waals surface area contributed by atoms with E-state index in [1.165, 1.54) is 0 Å². The van der Waals surface area contributed by atoms with E-state index in [1.807, 2.05) is 56.3 Å². The van der Waals surface area contributed by atoms with E-state index in [9.17, 15) is 4.79 Å². The molecule has 0 radical (unpaired) electrons. The van der Waals surface area contributed by atoms with Gasteiger partial charge in [0.2, 0.25) is 0 Å². The summed E-state index contributed by atoms with van der Waals surface area (Å²) in [6.07, 6.45) is 0. The number of ether oxygens (including phenoxy) is 1. The predicted octanol–water partition coefficient (Wildman–Crippen LogP) is 3.43. The van der Waals surface area contributed by atoms with Crippen LogP contribution in [0.3, 0.4) is 0 Å². The van der Waals surface area contributed by atoms with E-state index in [-0.39, 0.29) is 12.5 Å². The minimum absolute atomic E-state index is 0.00122. The van der Waals surface area contributed by atoms with Gasteiger partial charge in [-0.3, -0.25) is 4.79 Å². The van der Waals surface area contributed by atoms with Crippen LogP contribution < -0.4 is 15.4 Å². The van der Waals surface area contributed by atoms with E-state index >= 15 is 0 Å². The molecule has 0 saturated carbocycles. The second-order valence-corrected chi connectivity index (χ2v) is 5.50. The van der Waals surface area contributed by atoms with Crippen LogP contribution >= 0.6 is 0 Å². The molecule has 0 atom stereocenters. The van der Waals surface area contributed by atoms with Crippen LogP contribution in [0.25, 0.3) is 0 Å². The van der Waals surface area contributed by atoms with Crippen LogP contribution in [-0.2, 0) is 11.3 Å². The van der Waals surface area contributed by atoms with Gasteiger partial charge in [0.25, 0.3) is 5.91 Å². The number of carbonyl (C=O) groups excluding carboxylic acids is 1. The predicted molar refractivity (Wildman–Crippen MR) is 93.9 cm³/mol. The molecule has 0 spiro atoms. The number of benzene rings is 2. The molecule has 0 aromatic heterocycles. The molecule has 0 bridgehead atoms. The number of hydrogen-bond acceptors (Lipinski definition) is 3. The van der Waals surface area contributed by atoms with Crippen LogP contribution in [0, 0.1) is 13.8 Å². The van der Waals surface area contributed by atoms with Gasteiger partial charge in [0, 0.05) is 12.2 Å². The number of aryl methyl sites for hydroxylation is 2. The number of nitrogens with one attached hydrogen (secondary N) is 2. The Labute approximate surface area is 137 Å². The van der Waals surface area contributed by atoms with Crippen LogP contribution in [0.5, 0.6) is 5.75 Å². The molecule has 0 aliphatic heterocycles. The third kappa shape index (κ3) is 4.83. The molecule has 2 aromatic carbocycles. The smallest absolute Gasteiger partial charge is 0.262 e. The minimum Gasteiger partial charge on any atom is -0.483 e. The second kappa shape index (κ2) is 8.34. The molecule has 0 fully saturated rings. The molecule has 0 unspecified atom stereocenters. The maximum atomic E-state index is 12.2. The molecule has 0 aliphatic rings. The van der Waals surface area contributed by atoms with E-state index in [1.54, 1.807) is 0 Å². The maximum Gasteiger partial charge on any atom is 0.262 e. The molecule has 0 heterocycles. The normalized spacial score (nSPS) is 10.4. The lowest BCUT2D eigenvalue weighted by Crippen LogP contribution is -2.22. The van der Waals surface area contributed by atoms with Gasteiger partial charge in [-0.05, 0) is 43.1 Å². The molecule has 4 nitrogen and oxygen atoms in total. The lowest BCUT2D eigenvalue weighted by Gasteiger charge is -2.14. The van der Waals surface area contributed by atoms with Gasteiger partial charge in [-0.2, -0.15) is 0 Å². The van der Waals surface area contributed by atoms with Crippen molar-refractivity contribution >= 4 is 11.6 Å². The van der Waals surface area contributed by atoms with E-state index in [4.69, 9.17) is 4.74 Å². The van der Waals surface area contributed by atoms with E-state index in [0.29, 0.717) is 0 Å². The Morgan fingerprint density at radius 3 is 2.43 bits per heavy atom. The third-order valence-electron chi connectivity index (χ3n) is 3.61. The topological polar surface area (TPSA) is 50.4 Å². The van der Waals surface area contributed by atoms with Crippen molar-refractivity contribution in [2.75, 3.05) is 18.5 Å². The molecular weight excluding hydrogens is 288 g/mol. The zero-order chi connectivity index (χ0) is 16.7. The summed E-state index contributed by atoms with van der Waals surface area (Å²) in [4.78, 5) is 12.2. The molecule has 122 valence electrons. The molecule has 2 N–H and O–H groups in total. The van der Waals surface area contributed by atoms with Crippen LogP contribution in [0.4, 0.5) is 5.69 Å². The van der Waals surface area contributed by atoms with Crippen LogP contribution in [-0.4, -0.2) is 19.1 Å². The lowest BCUT2D eigenvalue weighted by molar-refractivity contribution is -0.118. The summed E-state index contributed by atoms with van der Waals surface area (Å²) in [5, 5.41) is 6.19. The molecule has 1 amide bonds.